The van der Waals surface area contributed by atoms with Crippen LogP contribution in [-0.2, 0) is 10.6 Å². The molecule has 2 unspecified atom stereocenters. The Labute approximate surface area is 113 Å². The summed E-state index contributed by atoms with van der Waals surface area (Å²) < 4.78 is 19.5. The standard InChI is InChI=1S/C14H19ClFNO/c1-10-5-6-17(9-14(10)18-2)13-4-3-11(8-15)7-12(13)16/h3-4,7,10,14H,5-6,8-9H2,1-2H3. The third kappa shape index (κ3) is 2.78. The Morgan fingerprint density at radius 3 is 2.89 bits per heavy atom. The fourth-order valence-electron chi connectivity index (χ4n) is 2.45. The van der Waals surface area contributed by atoms with E-state index in [9.17, 15) is 4.39 Å². The van der Waals surface area contributed by atoms with Gasteiger partial charge in [-0.2, -0.15) is 0 Å². The lowest BCUT2D eigenvalue weighted by Gasteiger charge is -2.37. The van der Waals surface area contributed by atoms with Crippen molar-refractivity contribution >= 4 is 17.3 Å². The van der Waals surface area contributed by atoms with Gasteiger partial charge in [0.25, 0.3) is 0 Å². The molecule has 1 aromatic carbocycles. The molecule has 1 aliphatic heterocycles. The Morgan fingerprint density at radius 2 is 2.28 bits per heavy atom. The van der Waals surface area contributed by atoms with Crippen molar-refractivity contribution in [1.29, 1.82) is 0 Å². The van der Waals surface area contributed by atoms with E-state index in [2.05, 4.69) is 11.8 Å². The van der Waals surface area contributed by atoms with E-state index in [0.29, 0.717) is 17.5 Å². The van der Waals surface area contributed by atoms with Crippen LogP contribution < -0.4 is 4.90 Å². The van der Waals surface area contributed by atoms with Crippen LogP contribution in [0.4, 0.5) is 10.1 Å². The zero-order valence-electron chi connectivity index (χ0n) is 10.8. The maximum atomic E-state index is 14.0. The van der Waals surface area contributed by atoms with Crippen LogP contribution in [-0.4, -0.2) is 26.3 Å². The number of hydrogen-bond donors (Lipinski definition) is 0. The number of nitrogens with zero attached hydrogens (tertiary/aromatic N) is 1. The summed E-state index contributed by atoms with van der Waals surface area (Å²) in [5, 5.41) is 0. The van der Waals surface area contributed by atoms with Gasteiger partial charge >= 0.3 is 0 Å². The van der Waals surface area contributed by atoms with E-state index in [1.54, 1.807) is 7.11 Å². The van der Waals surface area contributed by atoms with Crippen molar-refractivity contribution in [3.8, 4) is 0 Å². The first-order valence-electron chi connectivity index (χ1n) is 6.28. The van der Waals surface area contributed by atoms with Gasteiger partial charge in [0, 0.05) is 26.1 Å². The van der Waals surface area contributed by atoms with Crippen molar-refractivity contribution in [2.75, 3.05) is 25.1 Å². The Morgan fingerprint density at radius 1 is 1.50 bits per heavy atom. The Bertz CT molecular complexity index is 413. The number of piperidine rings is 1. The van der Waals surface area contributed by atoms with Gasteiger partial charge in [0.2, 0.25) is 0 Å². The number of benzene rings is 1. The first-order chi connectivity index (χ1) is 8.65. The highest BCUT2D eigenvalue weighted by molar-refractivity contribution is 6.17. The number of alkyl halides is 1. The van der Waals surface area contributed by atoms with Gasteiger partial charge in [-0.25, -0.2) is 4.39 Å². The molecule has 2 atom stereocenters. The highest BCUT2D eigenvalue weighted by Gasteiger charge is 2.27. The summed E-state index contributed by atoms with van der Waals surface area (Å²) in [6.07, 6.45) is 1.20. The van der Waals surface area contributed by atoms with E-state index in [0.717, 1.165) is 25.1 Å². The number of methoxy groups -OCH3 is 1. The second-order valence-corrected chi connectivity index (χ2v) is 5.17. The van der Waals surface area contributed by atoms with Gasteiger partial charge in [-0.15, -0.1) is 11.6 Å². The maximum Gasteiger partial charge on any atom is 0.146 e. The monoisotopic (exact) mass is 271 g/mol. The van der Waals surface area contributed by atoms with E-state index in [1.807, 2.05) is 12.1 Å². The smallest absolute Gasteiger partial charge is 0.146 e. The Hall–Kier alpha value is -0.800. The summed E-state index contributed by atoms with van der Waals surface area (Å²) in [4.78, 5) is 2.06. The minimum absolute atomic E-state index is 0.172. The first kappa shape index (κ1) is 13.6. The van der Waals surface area contributed by atoms with Gasteiger partial charge in [-0.1, -0.05) is 13.0 Å². The zero-order chi connectivity index (χ0) is 13.1. The summed E-state index contributed by atoms with van der Waals surface area (Å²) in [6.45, 7) is 3.80. The molecular weight excluding hydrogens is 253 g/mol. The third-order valence-corrected chi connectivity index (χ3v) is 4.01. The predicted molar refractivity (Wildman–Crippen MR) is 72.7 cm³/mol. The number of rotatable bonds is 3. The van der Waals surface area contributed by atoms with Crippen LogP contribution in [0.25, 0.3) is 0 Å². The molecule has 1 fully saturated rings. The van der Waals surface area contributed by atoms with Crippen molar-refractivity contribution in [3.05, 3.63) is 29.6 Å². The molecule has 100 valence electrons. The lowest BCUT2D eigenvalue weighted by Crippen LogP contribution is -2.44. The first-order valence-corrected chi connectivity index (χ1v) is 6.81. The molecule has 0 aromatic heterocycles. The summed E-state index contributed by atoms with van der Waals surface area (Å²) in [5.74, 6) is 0.670. The fourth-order valence-corrected chi connectivity index (χ4v) is 2.62. The molecule has 0 radical (unpaired) electrons. The fraction of sp³-hybridized carbons (Fsp3) is 0.571. The molecule has 0 aliphatic carbocycles. The second kappa shape index (κ2) is 5.89. The number of halogens is 2. The third-order valence-electron chi connectivity index (χ3n) is 3.70. The highest BCUT2D eigenvalue weighted by Crippen LogP contribution is 2.27. The molecule has 2 nitrogen and oxygen atoms in total. The van der Waals surface area contributed by atoms with Gasteiger partial charge in [0.1, 0.15) is 5.82 Å². The molecular formula is C14H19ClFNO. The average molecular weight is 272 g/mol. The minimum Gasteiger partial charge on any atom is -0.379 e. The summed E-state index contributed by atoms with van der Waals surface area (Å²) in [7, 11) is 1.72. The molecule has 1 aromatic rings. The summed E-state index contributed by atoms with van der Waals surface area (Å²) in [5.41, 5.74) is 1.46. The lowest BCUT2D eigenvalue weighted by atomic mass is 9.95. The second-order valence-electron chi connectivity index (χ2n) is 4.91. The molecule has 0 N–H and O–H groups in total. The van der Waals surface area contributed by atoms with Crippen LogP contribution in [0, 0.1) is 11.7 Å². The van der Waals surface area contributed by atoms with Crippen LogP contribution in [0.5, 0.6) is 0 Å². The largest absolute Gasteiger partial charge is 0.379 e. The van der Waals surface area contributed by atoms with Crippen molar-refractivity contribution in [1.82, 2.24) is 0 Å². The van der Waals surface area contributed by atoms with Crippen LogP contribution in [0.15, 0.2) is 18.2 Å². The molecule has 1 heterocycles. The average Bonchev–Trinajstić information content (AvgIpc) is 2.39. The summed E-state index contributed by atoms with van der Waals surface area (Å²) in [6, 6.07) is 5.21. The molecule has 0 amide bonds. The SMILES string of the molecule is COC1CN(c2ccc(CCl)cc2F)CCC1C. The Kier molecular flexibility index (Phi) is 4.46. The van der Waals surface area contributed by atoms with E-state index in [4.69, 9.17) is 16.3 Å². The zero-order valence-corrected chi connectivity index (χ0v) is 11.6. The predicted octanol–water partition coefficient (Wildman–Crippen LogP) is 3.43. The number of anilines is 1. The molecule has 0 saturated carbocycles. The topological polar surface area (TPSA) is 12.5 Å². The quantitative estimate of drug-likeness (QED) is 0.781. The lowest BCUT2D eigenvalue weighted by molar-refractivity contribution is 0.0497. The van der Waals surface area contributed by atoms with Crippen LogP contribution in [0.3, 0.4) is 0 Å². The van der Waals surface area contributed by atoms with Gasteiger partial charge in [-0.05, 0) is 30.0 Å². The molecule has 2 rings (SSSR count). The molecule has 0 spiro atoms. The van der Waals surface area contributed by atoms with Gasteiger partial charge in [0.05, 0.1) is 11.8 Å². The minimum atomic E-state index is -0.197. The van der Waals surface area contributed by atoms with Crippen molar-refractivity contribution in [2.24, 2.45) is 5.92 Å². The van der Waals surface area contributed by atoms with Crippen molar-refractivity contribution in [3.63, 3.8) is 0 Å². The van der Waals surface area contributed by atoms with E-state index in [-0.39, 0.29) is 11.9 Å². The highest BCUT2D eigenvalue weighted by atomic mass is 35.5. The van der Waals surface area contributed by atoms with Crippen LogP contribution in [0.2, 0.25) is 0 Å². The Balaban J connectivity index is 2.16. The van der Waals surface area contributed by atoms with E-state index in [1.165, 1.54) is 6.07 Å². The number of hydrogen-bond acceptors (Lipinski definition) is 2. The van der Waals surface area contributed by atoms with Gasteiger partial charge in [-0.3, -0.25) is 0 Å². The molecule has 0 bridgehead atoms. The van der Waals surface area contributed by atoms with E-state index >= 15 is 0 Å². The van der Waals surface area contributed by atoms with Crippen LogP contribution in [0.1, 0.15) is 18.9 Å². The molecule has 4 heteroatoms. The van der Waals surface area contributed by atoms with E-state index < -0.39 is 0 Å². The van der Waals surface area contributed by atoms with Crippen molar-refractivity contribution in [2.45, 2.75) is 25.3 Å². The van der Waals surface area contributed by atoms with Crippen molar-refractivity contribution < 1.29 is 9.13 Å². The van der Waals surface area contributed by atoms with Gasteiger partial charge < -0.3 is 9.64 Å². The normalized spacial score (nSPS) is 24.3. The molecule has 1 saturated heterocycles. The van der Waals surface area contributed by atoms with Crippen LogP contribution >= 0.6 is 11.6 Å². The summed E-state index contributed by atoms with van der Waals surface area (Å²) >= 11 is 5.70. The maximum absolute atomic E-state index is 14.0. The van der Waals surface area contributed by atoms with Gasteiger partial charge in [0.15, 0.2) is 0 Å². The molecule has 18 heavy (non-hydrogen) atoms. The number of ether oxygens (including phenoxy) is 1. The molecule has 1 aliphatic rings.